The molecule has 0 aliphatic heterocycles. The highest BCUT2D eigenvalue weighted by atomic mass is 35.5. The SMILES string of the molecule is COc1c(Cl)cc(Cl)cc1C(=O)NC(=S)Nc1ccc(C(=O)O)cc1. The zero-order valence-electron chi connectivity index (χ0n) is 12.8. The van der Waals surface area contributed by atoms with Crippen molar-refractivity contribution in [2.45, 2.75) is 0 Å². The molecule has 0 saturated heterocycles. The zero-order valence-corrected chi connectivity index (χ0v) is 15.1. The first-order valence-corrected chi connectivity index (χ1v) is 7.97. The fraction of sp³-hybridized carbons (Fsp3) is 0.0625. The Kier molecular flexibility index (Phi) is 6.19. The maximum Gasteiger partial charge on any atom is 0.335 e. The molecular weight excluding hydrogens is 387 g/mol. The number of hydrogen-bond acceptors (Lipinski definition) is 4. The number of thiocarbonyl (C=S) groups is 1. The second-order valence-electron chi connectivity index (χ2n) is 4.76. The normalized spacial score (nSPS) is 10.0. The van der Waals surface area contributed by atoms with Crippen LogP contribution in [-0.4, -0.2) is 29.2 Å². The van der Waals surface area contributed by atoms with Crippen molar-refractivity contribution in [1.29, 1.82) is 0 Å². The minimum Gasteiger partial charge on any atom is -0.494 e. The molecule has 1 amide bonds. The van der Waals surface area contributed by atoms with E-state index in [1.807, 2.05) is 0 Å². The van der Waals surface area contributed by atoms with Gasteiger partial charge < -0.3 is 15.2 Å². The zero-order chi connectivity index (χ0) is 18.6. The van der Waals surface area contributed by atoms with Crippen molar-refractivity contribution >= 4 is 58.1 Å². The quantitative estimate of drug-likeness (QED) is 0.678. The molecule has 0 heterocycles. The van der Waals surface area contributed by atoms with E-state index < -0.39 is 11.9 Å². The molecule has 0 atom stereocenters. The smallest absolute Gasteiger partial charge is 0.335 e. The van der Waals surface area contributed by atoms with Crippen molar-refractivity contribution in [1.82, 2.24) is 5.32 Å². The van der Waals surface area contributed by atoms with Gasteiger partial charge in [-0.2, -0.15) is 0 Å². The average molecular weight is 399 g/mol. The molecule has 0 aliphatic rings. The van der Waals surface area contributed by atoms with Crippen molar-refractivity contribution in [2.24, 2.45) is 0 Å². The van der Waals surface area contributed by atoms with Gasteiger partial charge in [-0.1, -0.05) is 23.2 Å². The summed E-state index contributed by atoms with van der Waals surface area (Å²) in [6.07, 6.45) is 0. The Balaban J connectivity index is 2.10. The van der Waals surface area contributed by atoms with Crippen molar-refractivity contribution in [3.8, 4) is 5.75 Å². The number of benzene rings is 2. The largest absolute Gasteiger partial charge is 0.494 e. The monoisotopic (exact) mass is 398 g/mol. The van der Waals surface area contributed by atoms with Crippen LogP contribution >= 0.6 is 35.4 Å². The topological polar surface area (TPSA) is 87.7 Å². The van der Waals surface area contributed by atoms with Crippen LogP contribution in [0.4, 0.5) is 5.69 Å². The highest BCUT2D eigenvalue weighted by molar-refractivity contribution is 7.80. The summed E-state index contributed by atoms with van der Waals surface area (Å²) in [5, 5.41) is 14.6. The molecule has 2 aromatic carbocycles. The molecule has 0 fully saturated rings. The molecule has 0 radical (unpaired) electrons. The number of rotatable bonds is 4. The number of carbonyl (C=O) groups is 2. The predicted molar refractivity (Wildman–Crippen MR) is 100 cm³/mol. The van der Waals surface area contributed by atoms with Crippen LogP contribution in [0, 0.1) is 0 Å². The molecular formula is C16H12Cl2N2O4S. The Hall–Kier alpha value is -2.35. The van der Waals surface area contributed by atoms with Crippen LogP contribution in [0.5, 0.6) is 5.75 Å². The number of ether oxygens (including phenoxy) is 1. The fourth-order valence-electron chi connectivity index (χ4n) is 1.97. The molecule has 0 spiro atoms. The first-order valence-electron chi connectivity index (χ1n) is 6.80. The highest BCUT2D eigenvalue weighted by Gasteiger charge is 2.17. The van der Waals surface area contributed by atoms with Gasteiger partial charge in [-0.05, 0) is 48.6 Å². The highest BCUT2D eigenvalue weighted by Crippen LogP contribution is 2.32. The molecule has 6 nitrogen and oxygen atoms in total. The van der Waals surface area contributed by atoms with Gasteiger partial charge >= 0.3 is 5.97 Å². The van der Waals surface area contributed by atoms with E-state index in [9.17, 15) is 9.59 Å². The Labute approximate surface area is 158 Å². The summed E-state index contributed by atoms with van der Waals surface area (Å²) < 4.78 is 5.12. The van der Waals surface area contributed by atoms with Gasteiger partial charge in [-0.15, -0.1) is 0 Å². The lowest BCUT2D eigenvalue weighted by molar-refractivity contribution is 0.0696. The van der Waals surface area contributed by atoms with Crippen molar-refractivity contribution < 1.29 is 19.4 Å². The summed E-state index contributed by atoms with van der Waals surface area (Å²) in [4.78, 5) is 23.2. The predicted octanol–water partition coefficient (Wildman–Crippen LogP) is 3.83. The van der Waals surface area contributed by atoms with Crippen molar-refractivity contribution in [3.05, 3.63) is 57.6 Å². The number of carboxylic acid groups (broad SMARTS) is 1. The van der Waals surface area contributed by atoms with E-state index in [0.29, 0.717) is 5.69 Å². The Morgan fingerprint density at radius 2 is 1.80 bits per heavy atom. The Morgan fingerprint density at radius 1 is 1.16 bits per heavy atom. The minimum absolute atomic E-state index is 0.0197. The standard InChI is InChI=1S/C16H12Cl2N2O4S/c1-24-13-11(6-9(17)7-12(13)18)14(21)20-16(25)19-10-4-2-8(3-5-10)15(22)23/h2-7H,1H3,(H,22,23)(H2,19,20,21,25). The number of carboxylic acids is 1. The number of amides is 1. The van der Waals surface area contributed by atoms with Gasteiger partial charge in [0.1, 0.15) is 5.75 Å². The third-order valence-electron chi connectivity index (χ3n) is 3.07. The van der Waals surface area contributed by atoms with Crippen LogP contribution in [0.25, 0.3) is 0 Å². The second kappa shape index (κ2) is 8.15. The molecule has 3 N–H and O–H groups in total. The number of aromatic carboxylic acids is 1. The lowest BCUT2D eigenvalue weighted by Crippen LogP contribution is -2.34. The maximum atomic E-state index is 12.4. The molecule has 2 rings (SSSR count). The Morgan fingerprint density at radius 3 is 2.36 bits per heavy atom. The summed E-state index contributed by atoms with van der Waals surface area (Å²) in [7, 11) is 1.38. The second-order valence-corrected chi connectivity index (χ2v) is 6.01. The van der Waals surface area contributed by atoms with Gasteiger partial charge in [0.25, 0.3) is 5.91 Å². The van der Waals surface area contributed by atoms with Gasteiger partial charge in [0.15, 0.2) is 5.11 Å². The molecule has 0 aliphatic carbocycles. The fourth-order valence-corrected chi connectivity index (χ4v) is 2.75. The number of anilines is 1. The molecule has 9 heteroatoms. The van der Waals surface area contributed by atoms with Gasteiger partial charge in [-0.25, -0.2) is 4.79 Å². The van der Waals surface area contributed by atoms with Crippen LogP contribution < -0.4 is 15.4 Å². The van der Waals surface area contributed by atoms with Gasteiger partial charge in [0.05, 0.1) is 23.3 Å². The molecule has 0 bridgehead atoms. The summed E-state index contributed by atoms with van der Waals surface area (Å²) in [5.74, 6) is -1.41. The number of methoxy groups -OCH3 is 1. The van der Waals surface area contributed by atoms with Crippen LogP contribution in [0.1, 0.15) is 20.7 Å². The molecule has 0 aromatic heterocycles. The summed E-state index contributed by atoms with van der Waals surface area (Å²) >= 11 is 17.0. The van der Waals surface area contributed by atoms with E-state index >= 15 is 0 Å². The Bertz CT molecular complexity index is 841. The third-order valence-corrected chi connectivity index (χ3v) is 3.78. The van der Waals surface area contributed by atoms with Crippen molar-refractivity contribution in [2.75, 3.05) is 12.4 Å². The summed E-state index contributed by atoms with van der Waals surface area (Å²) in [6.45, 7) is 0. The number of nitrogens with one attached hydrogen (secondary N) is 2. The number of hydrogen-bond donors (Lipinski definition) is 3. The van der Waals surface area contributed by atoms with E-state index in [4.69, 9.17) is 45.3 Å². The van der Waals surface area contributed by atoms with Crippen LogP contribution in [0.15, 0.2) is 36.4 Å². The minimum atomic E-state index is -1.03. The maximum absolute atomic E-state index is 12.4. The third kappa shape index (κ3) is 4.82. The van der Waals surface area contributed by atoms with E-state index in [1.54, 1.807) is 0 Å². The van der Waals surface area contributed by atoms with Gasteiger partial charge in [0.2, 0.25) is 0 Å². The number of carbonyl (C=O) groups excluding carboxylic acids is 1. The molecule has 0 unspecified atom stereocenters. The van der Waals surface area contributed by atoms with E-state index in [-0.39, 0.29) is 32.0 Å². The molecule has 130 valence electrons. The van der Waals surface area contributed by atoms with Crippen LogP contribution in [0.3, 0.4) is 0 Å². The molecule has 25 heavy (non-hydrogen) atoms. The molecule has 0 saturated carbocycles. The van der Waals surface area contributed by atoms with Gasteiger partial charge in [-0.3, -0.25) is 10.1 Å². The first kappa shape index (κ1) is 19.0. The van der Waals surface area contributed by atoms with Crippen LogP contribution in [-0.2, 0) is 0 Å². The summed E-state index contributed by atoms with van der Waals surface area (Å²) in [6, 6.07) is 8.74. The van der Waals surface area contributed by atoms with Crippen LogP contribution in [0.2, 0.25) is 10.0 Å². The van der Waals surface area contributed by atoms with Gasteiger partial charge in [0, 0.05) is 10.7 Å². The van der Waals surface area contributed by atoms with E-state index in [1.165, 1.54) is 43.5 Å². The average Bonchev–Trinajstić information content (AvgIpc) is 2.54. The number of halogens is 2. The van der Waals surface area contributed by atoms with E-state index in [0.717, 1.165) is 0 Å². The lowest BCUT2D eigenvalue weighted by Gasteiger charge is -2.13. The first-order chi connectivity index (χ1) is 11.8. The summed E-state index contributed by atoms with van der Waals surface area (Å²) in [5.41, 5.74) is 0.788. The van der Waals surface area contributed by atoms with E-state index in [2.05, 4.69) is 10.6 Å². The molecule has 2 aromatic rings. The van der Waals surface area contributed by atoms with Crippen molar-refractivity contribution in [3.63, 3.8) is 0 Å². The lowest BCUT2D eigenvalue weighted by atomic mass is 10.2.